The van der Waals surface area contributed by atoms with Crippen LogP contribution >= 0.6 is 11.6 Å². The molecule has 4 nitrogen and oxygen atoms in total. The van der Waals surface area contributed by atoms with Crippen molar-refractivity contribution in [3.05, 3.63) is 76.2 Å². The maximum atomic E-state index is 14.2. The second-order valence-electron chi connectivity index (χ2n) is 8.06. The van der Waals surface area contributed by atoms with Gasteiger partial charge in [0.05, 0.1) is 11.6 Å². The summed E-state index contributed by atoms with van der Waals surface area (Å²) in [5.74, 6) is -1.08. The van der Waals surface area contributed by atoms with Gasteiger partial charge in [-0.25, -0.2) is 9.18 Å². The number of benzene rings is 2. The Morgan fingerprint density at radius 3 is 2.42 bits per heavy atom. The van der Waals surface area contributed by atoms with E-state index in [-0.39, 0.29) is 40.2 Å². The molecule has 0 atom stereocenters. The van der Waals surface area contributed by atoms with Gasteiger partial charge in [0.15, 0.2) is 0 Å². The lowest BCUT2D eigenvalue weighted by Gasteiger charge is -2.19. The average Bonchev–Trinajstić information content (AvgIpc) is 3.56. The minimum absolute atomic E-state index is 0.00496. The molecule has 0 bridgehead atoms. The number of aromatic nitrogens is 1. The molecule has 1 aliphatic rings. The standard InChI is InChI=1S/C24H21ClF4N2O2/c1-14-20(16-8-11-18(25)19(26)12-16)22(33-23(32)30(2)17-9-10-17)31(21(14)24(27,28)29)13-15-6-4-3-5-7-15/h3-8,11-12,17H,9-10,13H2,1-2H3. The molecule has 3 aromatic rings. The van der Waals surface area contributed by atoms with Crippen LogP contribution in [0.2, 0.25) is 5.02 Å². The molecular weight excluding hydrogens is 460 g/mol. The lowest BCUT2D eigenvalue weighted by atomic mass is 10.0. The fourth-order valence-corrected chi connectivity index (χ4v) is 3.98. The number of nitrogens with zero attached hydrogens (tertiary/aromatic N) is 2. The molecular formula is C24H21ClF4N2O2. The van der Waals surface area contributed by atoms with Gasteiger partial charge in [-0.3, -0.25) is 0 Å². The molecule has 1 saturated carbocycles. The number of hydrogen-bond acceptors (Lipinski definition) is 2. The lowest BCUT2D eigenvalue weighted by molar-refractivity contribution is -0.144. The van der Waals surface area contributed by atoms with Gasteiger partial charge in [-0.15, -0.1) is 0 Å². The van der Waals surface area contributed by atoms with E-state index in [1.807, 2.05) is 0 Å². The third kappa shape index (κ3) is 4.71. The Morgan fingerprint density at radius 2 is 1.85 bits per heavy atom. The van der Waals surface area contributed by atoms with E-state index in [0.29, 0.717) is 5.56 Å². The molecule has 0 N–H and O–H groups in total. The Morgan fingerprint density at radius 1 is 1.18 bits per heavy atom. The molecule has 9 heteroatoms. The Labute approximate surface area is 193 Å². The van der Waals surface area contributed by atoms with Gasteiger partial charge in [0.1, 0.15) is 11.5 Å². The number of halogens is 5. The summed E-state index contributed by atoms with van der Waals surface area (Å²) in [7, 11) is 1.55. The molecule has 4 rings (SSSR count). The molecule has 1 aliphatic carbocycles. The first-order chi connectivity index (χ1) is 15.6. The summed E-state index contributed by atoms with van der Waals surface area (Å²) in [4.78, 5) is 14.2. The van der Waals surface area contributed by atoms with Crippen molar-refractivity contribution in [3.63, 3.8) is 0 Å². The van der Waals surface area contributed by atoms with Gasteiger partial charge in [-0.1, -0.05) is 48.0 Å². The molecule has 0 spiro atoms. The fourth-order valence-electron chi connectivity index (χ4n) is 3.86. The lowest BCUT2D eigenvalue weighted by Crippen LogP contribution is -2.32. The molecule has 0 saturated heterocycles. The molecule has 0 aliphatic heterocycles. The van der Waals surface area contributed by atoms with Gasteiger partial charge >= 0.3 is 12.3 Å². The molecule has 0 radical (unpaired) electrons. The van der Waals surface area contributed by atoms with E-state index in [1.54, 1.807) is 37.4 Å². The third-order valence-corrected chi connectivity index (χ3v) is 5.99. The van der Waals surface area contributed by atoms with Gasteiger partial charge in [-0.05, 0) is 48.6 Å². The minimum Gasteiger partial charge on any atom is -0.392 e. The number of rotatable bonds is 5. The molecule has 0 unspecified atom stereocenters. The van der Waals surface area contributed by atoms with E-state index < -0.39 is 23.8 Å². The van der Waals surface area contributed by atoms with Crippen LogP contribution < -0.4 is 4.74 Å². The van der Waals surface area contributed by atoms with E-state index in [0.717, 1.165) is 23.5 Å². The Hall–Kier alpha value is -3.00. The van der Waals surface area contributed by atoms with Crippen LogP contribution in [0, 0.1) is 12.7 Å². The third-order valence-electron chi connectivity index (χ3n) is 5.69. The predicted octanol–water partition coefficient (Wildman–Crippen LogP) is 6.92. The Balaban J connectivity index is 1.93. The van der Waals surface area contributed by atoms with E-state index in [2.05, 4.69) is 0 Å². The summed E-state index contributed by atoms with van der Waals surface area (Å²) in [6.45, 7) is 1.09. The van der Waals surface area contributed by atoms with Crippen molar-refractivity contribution >= 4 is 17.7 Å². The highest BCUT2D eigenvalue weighted by molar-refractivity contribution is 6.30. The highest BCUT2D eigenvalue weighted by atomic mass is 35.5. The van der Waals surface area contributed by atoms with E-state index in [9.17, 15) is 22.4 Å². The number of ether oxygens (including phenoxy) is 1. The SMILES string of the molecule is Cc1c(-c2ccc(Cl)c(F)c2)c(OC(=O)N(C)C2CC2)n(Cc2ccccc2)c1C(F)(F)F. The van der Waals surface area contributed by atoms with Crippen molar-refractivity contribution in [2.75, 3.05) is 7.05 Å². The van der Waals surface area contributed by atoms with Gasteiger partial charge in [-0.2, -0.15) is 13.2 Å². The number of hydrogen-bond donors (Lipinski definition) is 0. The van der Waals surface area contributed by atoms with Crippen LogP contribution in [0.25, 0.3) is 11.1 Å². The summed E-state index contributed by atoms with van der Waals surface area (Å²) >= 11 is 5.78. The van der Waals surface area contributed by atoms with Crippen LogP contribution in [-0.4, -0.2) is 28.6 Å². The zero-order chi connectivity index (χ0) is 23.9. The summed E-state index contributed by atoms with van der Waals surface area (Å²) in [5.41, 5.74) is -0.430. The first-order valence-corrected chi connectivity index (χ1v) is 10.7. The largest absolute Gasteiger partial charge is 0.431 e. The molecule has 1 heterocycles. The molecule has 174 valence electrons. The van der Waals surface area contributed by atoms with Crippen molar-refractivity contribution in [1.82, 2.24) is 9.47 Å². The normalized spacial score (nSPS) is 13.8. The van der Waals surface area contributed by atoms with E-state index >= 15 is 0 Å². The molecule has 1 fully saturated rings. The number of carbonyl (C=O) groups excluding carboxylic acids is 1. The highest BCUT2D eigenvalue weighted by Gasteiger charge is 2.41. The minimum atomic E-state index is -4.74. The maximum Gasteiger partial charge on any atom is 0.431 e. The zero-order valence-corrected chi connectivity index (χ0v) is 18.7. The quantitative estimate of drug-likeness (QED) is 0.372. The van der Waals surface area contributed by atoms with Crippen LogP contribution in [0.4, 0.5) is 22.4 Å². The summed E-state index contributed by atoms with van der Waals surface area (Å²) < 4.78 is 63.5. The summed E-state index contributed by atoms with van der Waals surface area (Å²) in [5, 5.41) is -0.164. The van der Waals surface area contributed by atoms with E-state index in [1.165, 1.54) is 24.0 Å². The van der Waals surface area contributed by atoms with Gasteiger partial charge < -0.3 is 14.2 Å². The number of carbonyl (C=O) groups is 1. The highest BCUT2D eigenvalue weighted by Crippen LogP contribution is 2.45. The van der Waals surface area contributed by atoms with Crippen molar-refractivity contribution in [2.24, 2.45) is 0 Å². The van der Waals surface area contributed by atoms with Crippen LogP contribution in [0.1, 0.15) is 29.7 Å². The topological polar surface area (TPSA) is 34.5 Å². The number of alkyl halides is 3. The summed E-state index contributed by atoms with van der Waals surface area (Å²) in [6, 6.07) is 12.2. The van der Waals surface area contributed by atoms with Gasteiger partial charge in [0.2, 0.25) is 5.88 Å². The van der Waals surface area contributed by atoms with E-state index in [4.69, 9.17) is 16.3 Å². The van der Waals surface area contributed by atoms with Crippen LogP contribution in [0.3, 0.4) is 0 Å². The first kappa shape index (κ1) is 23.2. The molecule has 1 aromatic heterocycles. The van der Waals surface area contributed by atoms with Crippen molar-refractivity contribution in [2.45, 2.75) is 38.5 Å². The average molecular weight is 481 g/mol. The second-order valence-corrected chi connectivity index (χ2v) is 8.47. The first-order valence-electron chi connectivity index (χ1n) is 10.3. The molecule has 2 aromatic carbocycles. The predicted molar refractivity (Wildman–Crippen MR) is 117 cm³/mol. The van der Waals surface area contributed by atoms with Gasteiger partial charge in [0.25, 0.3) is 0 Å². The fraction of sp³-hybridized carbons (Fsp3) is 0.292. The Bertz CT molecular complexity index is 1190. The van der Waals surface area contributed by atoms with Crippen molar-refractivity contribution in [1.29, 1.82) is 0 Å². The smallest absolute Gasteiger partial charge is 0.392 e. The summed E-state index contributed by atoms with van der Waals surface area (Å²) in [6.07, 6.45) is -3.91. The number of amides is 1. The van der Waals surface area contributed by atoms with Crippen LogP contribution in [-0.2, 0) is 12.7 Å². The zero-order valence-electron chi connectivity index (χ0n) is 17.9. The van der Waals surface area contributed by atoms with Crippen LogP contribution in [0.15, 0.2) is 48.5 Å². The monoisotopic (exact) mass is 480 g/mol. The second kappa shape index (κ2) is 8.74. The Kier molecular flexibility index (Phi) is 6.14. The van der Waals surface area contributed by atoms with Gasteiger partial charge in [0, 0.05) is 18.7 Å². The van der Waals surface area contributed by atoms with Crippen molar-refractivity contribution in [3.8, 4) is 17.0 Å². The molecule has 1 amide bonds. The maximum absolute atomic E-state index is 14.2. The molecule has 33 heavy (non-hydrogen) atoms. The van der Waals surface area contributed by atoms with Crippen molar-refractivity contribution < 1.29 is 27.1 Å². The van der Waals surface area contributed by atoms with Crippen LogP contribution in [0.5, 0.6) is 5.88 Å².